The number of hydrogen-bond acceptors (Lipinski definition) is 11. The lowest BCUT2D eigenvalue weighted by Gasteiger charge is -2.42. The Bertz CT molecular complexity index is 790. The molecule has 0 spiro atoms. The standard InChI is InChI=1S/C22H32O11/c1-4-5-11-6-7-12(13(8-11)29-3)32-22-20(28)18(26)16(24)14(33-22)9-30-21-19(27)17(25)15(23)10(2)31-21/h4,6-8,10,14-28H,1,5,9H2,2-3H3/t10-,14-,15-,16-,17+,18+,19-,20-,21-,22-/m1/s1. The summed E-state index contributed by atoms with van der Waals surface area (Å²) in [5.74, 6) is 0.619. The molecule has 33 heavy (non-hydrogen) atoms. The SMILES string of the molecule is C=CCc1ccc(O[C@@H]2O[C@H](CO[C@@H]3O[C@H](C)[C@@H](O)[C@H](O)[C@H]3O)[C@@H](O)[C@H](O)[C@H]2O)c(OC)c1. The fraction of sp³-hybridized carbons (Fsp3) is 0.636. The van der Waals surface area contributed by atoms with Gasteiger partial charge in [-0.25, -0.2) is 0 Å². The van der Waals surface area contributed by atoms with Gasteiger partial charge < -0.3 is 54.3 Å². The van der Waals surface area contributed by atoms with Crippen molar-refractivity contribution in [1.82, 2.24) is 0 Å². The molecule has 2 aliphatic rings. The van der Waals surface area contributed by atoms with Crippen LogP contribution in [0.5, 0.6) is 11.5 Å². The summed E-state index contributed by atoms with van der Waals surface area (Å²) in [6.45, 7) is 4.81. The Morgan fingerprint density at radius 1 is 0.879 bits per heavy atom. The molecule has 2 aliphatic heterocycles. The molecule has 0 radical (unpaired) electrons. The van der Waals surface area contributed by atoms with Gasteiger partial charge in [0.2, 0.25) is 6.29 Å². The van der Waals surface area contributed by atoms with Crippen LogP contribution in [0.1, 0.15) is 12.5 Å². The first-order valence-corrected chi connectivity index (χ1v) is 10.6. The molecule has 2 saturated heterocycles. The molecular formula is C22H32O11. The van der Waals surface area contributed by atoms with Crippen molar-refractivity contribution in [2.75, 3.05) is 13.7 Å². The van der Waals surface area contributed by atoms with Crippen LogP contribution in [0, 0.1) is 0 Å². The van der Waals surface area contributed by atoms with E-state index in [2.05, 4.69) is 6.58 Å². The van der Waals surface area contributed by atoms with Crippen molar-refractivity contribution >= 4 is 0 Å². The maximum Gasteiger partial charge on any atom is 0.229 e. The van der Waals surface area contributed by atoms with Crippen LogP contribution >= 0.6 is 0 Å². The van der Waals surface area contributed by atoms with Crippen LogP contribution in [-0.4, -0.2) is 106 Å². The van der Waals surface area contributed by atoms with Gasteiger partial charge in [-0.2, -0.15) is 0 Å². The number of ether oxygens (including phenoxy) is 5. The molecule has 0 amide bonds. The van der Waals surface area contributed by atoms with E-state index in [1.165, 1.54) is 14.0 Å². The van der Waals surface area contributed by atoms with Crippen LogP contribution < -0.4 is 9.47 Å². The molecule has 0 aromatic heterocycles. The van der Waals surface area contributed by atoms with E-state index in [4.69, 9.17) is 23.7 Å². The van der Waals surface area contributed by atoms with E-state index in [0.717, 1.165) is 5.56 Å². The Balaban J connectivity index is 1.68. The van der Waals surface area contributed by atoms with E-state index in [1.54, 1.807) is 24.3 Å². The maximum atomic E-state index is 10.4. The molecule has 0 unspecified atom stereocenters. The summed E-state index contributed by atoms with van der Waals surface area (Å²) in [7, 11) is 1.45. The van der Waals surface area contributed by atoms with Gasteiger partial charge in [-0.1, -0.05) is 12.1 Å². The third kappa shape index (κ3) is 5.65. The second-order valence-electron chi connectivity index (χ2n) is 8.13. The summed E-state index contributed by atoms with van der Waals surface area (Å²) in [6, 6.07) is 5.14. The van der Waals surface area contributed by atoms with E-state index >= 15 is 0 Å². The molecule has 0 aliphatic carbocycles. The highest BCUT2D eigenvalue weighted by Gasteiger charge is 2.47. The molecule has 2 heterocycles. The fourth-order valence-corrected chi connectivity index (χ4v) is 3.72. The van der Waals surface area contributed by atoms with Crippen LogP contribution in [0.15, 0.2) is 30.9 Å². The van der Waals surface area contributed by atoms with E-state index in [-0.39, 0.29) is 12.4 Å². The third-order valence-electron chi connectivity index (χ3n) is 5.75. The second-order valence-corrected chi connectivity index (χ2v) is 8.13. The van der Waals surface area contributed by atoms with Gasteiger partial charge in [0.25, 0.3) is 0 Å². The van der Waals surface area contributed by atoms with Crippen molar-refractivity contribution in [3.05, 3.63) is 36.4 Å². The molecule has 11 nitrogen and oxygen atoms in total. The van der Waals surface area contributed by atoms with Crippen molar-refractivity contribution in [2.45, 2.75) is 74.8 Å². The van der Waals surface area contributed by atoms with Gasteiger partial charge in [-0.15, -0.1) is 6.58 Å². The van der Waals surface area contributed by atoms with E-state index in [1.807, 2.05) is 0 Å². The Labute approximate surface area is 191 Å². The van der Waals surface area contributed by atoms with E-state index < -0.39 is 61.4 Å². The Morgan fingerprint density at radius 3 is 2.21 bits per heavy atom. The molecule has 0 saturated carbocycles. The molecule has 6 N–H and O–H groups in total. The Kier molecular flexibility index (Phi) is 8.67. The van der Waals surface area contributed by atoms with Gasteiger partial charge in [0, 0.05) is 0 Å². The molecule has 1 aromatic carbocycles. The maximum absolute atomic E-state index is 10.4. The van der Waals surface area contributed by atoms with Gasteiger partial charge in [0.1, 0.15) is 42.7 Å². The lowest BCUT2D eigenvalue weighted by Crippen LogP contribution is -2.61. The topological polar surface area (TPSA) is 168 Å². The third-order valence-corrected chi connectivity index (χ3v) is 5.75. The molecule has 2 fully saturated rings. The predicted octanol–water partition coefficient (Wildman–Crippen LogP) is -1.55. The quantitative estimate of drug-likeness (QED) is 0.243. The monoisotopic (exact) mass is 472 g/mol. The minimum atomic E-state index is -1.62. The Morgan fingerprint density at radius 2 is 1.55 bits per heavy atom. The largest absolute Gasteiger partial charge is 0.493 e. The molecule has 186 valence electrons. The van der Waals surface area contributed by atoms with Crippen LogP contribution in [0.25, 0.3) is 0 Å². The van der Waals surface area contributed by atoms with Crippen molar-refractivity contribution < 1.29 is 54.3 Å². The molecule has 11 heteroatoms. The average molecular weight is 472 g/mol. The fourth-order valence-electron chi connectivity index (χ4n) is 3.72. The molecular weight excluding hydrogens is 440 g/mol. The highest BCUT2D eigenvalue weighted by Crippen LogP contribution is 2.32. The Hall–Kier alpha value is -1.80. The number of rotatable bonds is 8. The molecule has 1 aromatic rings. The smallest absolute Gasteiger partial charge is 0.229 e. The lowest BCUT2D eigenvalue weighted by molar-refractivity contribution is -0.318. The first-order valence-electron chi connectivity index (χ1n) is 10.6. The van der Waals surface area contributed by atoms with Gasteiger partial charge in [0.15, 0.2) is 17.8 Å². The first-order chi connectivity index (χ1) is 15.7. The zero-order valence-electron chi connectivity index (χ0n) is 18.4. The van der Waals surface area contributed by atoms with Crippen LogP contribution in [0.3, 0.4) is 0 Å². The molecule has 3 rings (SSSR count). The summed E-state index contributed by atoms with van der Waals surface area (Å²) in [5, 5.41) is 60.8. The summed E-state index contributed by atoms with van der Waals surface area (Å²) in [5.41, 5.74) is 0.925. The first kappa shape index (κ1) is 25.8. The number of allylic oxidation sites excluding steroid dienone is 1. The minimum absolute atomic E-state index is 0.245. The zero-order chi connectivity index (χ0) is 24.3. The summed E-state index contributed by atoms with van der Waals surface area (Å²) < 4.78 is 27.5. The van der Waals surface area contributed by atoms with Crippen molar-refractivity contribution in [3.63, 3.8) is 0 Å². The highest BCUT2D eigenvalue weighted by molar-refractivity contribution is 5.43. The van der Waals surface area contributed by atoms with Crippen molar-refractivity contribution in [1.29, 1.82) is 0 Å². The zero-order valence-corrected chi connectivity index (χ0v) is 18.4. The van der Waals surface area contributed by atoms with Gasteiger partial charge in [-0.3, -0.25) is 0 Å². The van der Waals surface area contributed by atoms with Crippen molar-refractivity contribution in [2.24, 2.45) is 0 Å². The van der Waals surface area contributed by atoms with E-state index in [9.17, 15) is 30.6 Å². The van der Waals surface area contributed by atoms with Crippen LogP contribution in [-0.2, 0) is 20.6 Å². The second kappa shape index (κ2) is 11.1. The predicted molar refractivity (Wildman–Crippen MR) is 113 cm³/mol. The summed E-state index contributed by atoms with van der Waals surface area (Å²) >= 11 is 0. The number of hydrogen-bond donors (Lipinski definition) is 6. The molecule has 0 bridgehead atoms. The summed E-state index contributed by atoms with van der Waals surface area (Å²) in [4.78, 5) is 0. The molecule has 10 atom stereocenters. The number of aliphatic hydroxyl groups excluding tert-OH is 6. The number of methoxy groups -OCH3 is 1. The van der Waals surface area contributed by atoms with E-state index in [0.29, 0.717) is 12.2 Å². The normalized spacial score (nSPS) is 39.2. The number of aliphatic hydroxyl groups is 6. The highest BCUT2D eigenvalue weighted by atomic mass is 16.7. The van der Waals surface area contributed by atoms with Crippen LogP contribution in [0.4, 0.5) is 0 Å². The van der Waals surface area contributed by atoms with Crippen molar-refractivity contribution in [3.8, 4) is 11.5 Å². The van der Waals surface area contributed by atoms with Gasteiger partial charge in [0.05, 0.1) is 19.8 Å². The van der Waals surface area contributed by atoms with Crippen LogP contribution in [0.2, 0.25) is 0 Å². The van der Waals surface area contributed by atoms with Gasteiger partial charge >= 0.3 is 0 Å². The summed E-state index contributed by atoms with van der Waals surface area (Å²) in [6.07, 6.45) is -11.4. The van der Waals surface area contributed by atoms with Gasteiger partial charge in [-0.05, 0) is 31.0 Å². The average Bonchev–Trinajstić information content (AvgIpc) is 2.81. The minimum Gasteiger partial charge on any atom is -0.493 e. The number of benzene rings is 1. The lowest BCUT2D eigenvalue weighted by atomic mass is 9.98.